The first kappa shape index (κ1) is 29.1. The fourth-order valence-corrected chi connectivity index (χ4v) is 6.62. The second-order valence-corrected chi connectivity index (χ2v) is 12.2. The Morgan fingerprint density at radius 3 is 1.75 bits per heavy atom. The van der Waals surface area contributed by atoms with Gasteiger partial charge in [0, 0.05) is 24.4 Å². The van der Waals surface area contributed by atoms with Crippen molar-refractivity contribution in [1.82, 2.24) is 15.0 Å². The van der Waals surface area contributed by atoms with E-state index in [2.05, 4.69) is 69.5 Å². The molecule has 0 aliphatic rings. The Kier molecular flexibility index (Phi) is 9.52. The van der Waals surface area contributed by atoms with E-state index in [-0.39, 0.29) is 5.78 Å². The number of hydrogen-bond donors (Lipinski definition) is 0. The lowest BCUT2D eigenvalue weighted by molar-refractivity contribution is 0.0993. The van der Waals surface area contributed by atoms with Crippen molar-refractivity contribution in [2.45, 2.75) is 12.8 Å². The molecule has 0 aliphatic carbocycles. The largest absolute Gasteiger partial charge is 0.294 e. The Morgan fingerprint density at radius 2 is 1.09 bits per heavy atom. The zero-order valence-electron chi connectivity index (χ0n) is 23.9. The molecule has 5 aromatic carbocycles. The molecule has 0 bridgehead atoms. The van der Waals surface area contributed by atoms with Gasteiger partial charge in [0.1, 0.15) is 5.01 Å². The van der Waals surface area contributed by atoms with Gasteiger partial charge in [0.2, 0.25) is 0 Å². The summed E-state index contributed by atoms with van der Waals surface area (Å²) in [6.45, 7) is 0. The molecule has 0 spiro atoms. The van der Waals surface area contributed by atoms with Crippen LogP contribution in [0, 0.1) is 0 Å². The van der Waals surface area contributed by atoms with Gasteiger partial charge in [-0.15, -0.1) is 22.7 Å². The average Bonchev–Trinajstić information content (AvgIpc) is 3.69. The number of ketones is 1. The molecule has 0 saturated carbocycles. The van der Waals surface area contributed by atoms with Crippen LogP contribution >= 0.6 is 22.7 Å². The minimum absolute atomic E-state index is 0.120. The fraction of sp³-hybridized carbons (Fsp3) is 0.0526. The van der Waals surface area contributed by atoms with Gasteiger partial charge < -0.3 is 0 Å². The van der Waals surface area contributed by atoms with Crippen molar-refractivity contribution >= 4 is 59.7 Å². The second kappa shape index (κ2) is 14.4. The van der Waals surface area contributed by atoms with Crippen LogP contribution in [0.2, 0.25) is 0 Å². The van der Waals surface area contributed by atoms with Crippen molar-refractivity contribution in [3.8, 4) is 0 Å². The molecule has 0 amide bonds. The molecule has 8 rings (SSSR count). The molecule has 214 valence electrons. The Hall–Kier alpha value is -5.04. The first-order chi connectivity index (χ1) is 21.7. The summed E-state index contributed by atoms with van der Waals surface area (Å²) >= 11 is 3.37. The van der Waals surface area contributed by atoms with Crippen LogP contribution in [0.4, 0.5) is 0 Å². The highest BCUT2D eigenvalue weighted by molar-refractivity contribution is 7.18. The standard InChI is InChI=1S/C15H11NOS.C14H11NS.C9H7N/c17-13(11-6-2-1-3-7-11)10-15-16-12-8-4-5-9-14(12)18-15;1-2-6-11(7-3-1)10-14-15-12-8-4-5-9-13(12)16-14;1-2-4-9-7-10-6-5-8(9)3-1/h1-9H,10H2;1-9H,10H2;1-7H. The molecule has 3 aromatic heterocycles. The van der Waals surface area contributed by atoms with Gasteiger partial charge in [0.25, 0.3) is 0 Å². The van der Waals surface area contributed by atoms with Gasteiger partial charge in [-0.3, -0.25) is 9.78 Å². The van der Waals surface area contributed by atoms with Gasteiger partial charge in [-0.2, -0.15) is 0 Å². The maximum atomic E-state index is 12.1. The maximum absolute atomic E-state index is 12.1. The number of Topliss-reactive ketones (excluding diaryl/α,β-unsaturated/α-hetero) is 1. The molecule has 0 atom stereocenters. The van der Waals surface area contributed by atoms with Crippen molar-refractivity contribution in [2.75, 3.05) is 0 Å². The molecule has 0 N–H and O–H groups in total. The molecule has 4 nitrogen and oxygen atoms in total. The number of para-hydroxylation sites is 2. The van der Waals surface area contributed by atoms with E-state index >= 15 is 0 Å². The highest BCUT2D eigenvalue weighted by Gasteiger charge is 2.10. The zero-order valence-corrected chi connectivity index (χ0v) is 25.5. The van der Waals surface area contributed by atoms with E-state index < -0.39 is 0 Å². The molecular formula is C38H29N3OS2. The van der Waals surface area contributed by atoms with Crippen LogP contribution in [0.3, 0.4) is 0 Å². The number of benzene rings is 5. The smallest absolute Gasteiger partial charge is 0.169 e. The summed E-state index contributed by atoms with van der Waals surface area (Å²) < 4.78 is 2.40. The normalized spacial score (nSPS) is 10.5. The van der Waals surface area contributed by atoms with Gasteiger partial charge in [-0.1, -0.05) is 109 Å². The fourth-order valence-electron chi connectivity index (χ4n) is 4.65. The number of hydrogen-bond acceptors (Lipinski definition) is 6. The number of nitrogens with zero attached hydrogens (tertiary/aromatic N) is 3. The lowest BCUT2D eigenvalue weighted by Gasteiger charge is -1.97. The first-order valence-corrected chi connectivity index (χ1v) is 15.9. The van der Waals surface area contributed by atoms with Crippen LogP contribution in [0.1, 0.15) is 25.9 Å². The maximum Gasteiger partial charge on any atom is 0.169 e. The Labute approximate surface area is 264 Å². The third-order valence-electron chi connectivity index (χ3n) is 6.83. The summed E-state index contributed by atoms with van der Waals surface area (Å²) in [7, 11) is 0. The monoisotopic (exact) mass is 607 g/mol. The number of thiazole rings is 2. The molecule has 8 aromatic rings. The van der Waals surface area contributed by atoms with Crippen molar-refractivity contribution in [1.29, 1.82) is 0 Å². The number of carbonyl (C=O) groups is 1. The van der Waals surface area contributed by atoms with E-state index in [1.165, 1.54) is 26.0 Å². The molecule has 0 unspecified atom stereocenters. The molecular weight excluding hydrogens is 579 g/mol. The Morgan fingerprint density at radius 1 is 0.545 bits per heavy atom. The summed E-state index contributed by atoms with van der Waals surface area (Å²) in [6, 6.07) is 46.3. The van der Waals surface area contributed by atoms with Gasteiger partial charge in [-0.25, -0.2) is 9.97 Å². The van der Waals surface area contributed by atoms with Crippen LogP contribution in [0.5, 0.6) is 0 Å². The van der Waals surface area contributed by atoms with Crippen LogP contribution in [-0.4, -0.2) is 20.7 Å². The summed E-state index contributed by atoms with van der Waals surface area (Å²) in [5, 5.41) is 4.51. The Bertz CT molecular complexity index is 1970. The predicted octanol–water partition coefficient (Wildman–Crippen LogP) is 9.84. The van der Waals surface area contributed by atoms with Crippen LogP contribution in [-0.2, 0) is 12.8 Å². The topological polar surface area (TPSA) is 55.7 Å². The number of fused-ring (bicyclic) bond motifs is 3. The highest BCUT2D eigenvalue weighted by Crippen LogP contribution is 2.24. The van der Waals surface area contributed by atoms with Gasteiger partial charge in [-0.05, 0) is 46.7 Å². The van der Waals surface area contributed by atoms with E-state index in [0.29, 0.717) is 6.42 Å². The number of rotatable bonds is 5. The SMILES string of the molecule is O=C(Cc1nc2ccccc2s1)c1ccccc1.c1ccc(Cc2nc3ccccc3s2)cc1.c1ccc2cnccc2c1. The minimum atomic E-state index is 0.120. The van der Waals surface area contributed by atoms with Crippen LogP contribution in [0.15, 0.2) is 152 Å². The third-order valence-corrected chi connectivity index (χ3v) is 8.90. The molecule has 0 saturated heterocycles. The quantitative estimate of drug-likeness (QED) is 0.183. The predicted molar refractivity (Wildman–Crippen MR) is 185 cm³/mol. The molecule has 0 radical (unpaired) electrons. The highest BCUT2D eigenvalue weighted by atomic mass is 32.1. The van der Waals surface area contributed by atoms with E-state index in [9.17, 15) is 4.79 Å². The number of pyridine rings is 1. The number of aromatic nitrogens is 3. The minimum Gasteiger partial charge on any atom is -0.294 e. The zero-order chi connectivity index (χ0) is 30.0. The van der Waals surface area contributed by atoms with Crippen molar-refractivity contribution < 1.29 is 4.79 Å². The van der Waals surface area contributed by atoms with E-state index in [1.807, 2.05) is 97.3 Å². The van der Waals surface area contributed by atoms with E-state index in [1.54, 1.807) is 22.7 Å². The molecule has 6 heteroatoms. The van der Waals surface area contributed by atoms with E-state index in [4.69, 9.17) is 0 Å². The summed E-state index contributed by atoms with van der Waals surface area (Å²) in [5.74, 6) is 0.120. The lowest BCUT2D eigenvalue weighted by Crippen LogP contribution is -2.02. The summed E-state index contributed by atoms with van der Waals surface area (Å²) in [6.07, 6.45) is 4.99. The van der Waals surface area contributed by atoms with Crippen molar-refractivity contribution in [2.24, 2.45) is 0 Å². The van der Waals surface area contributed by atoms with Crippen molar-refractivity contribution in [3.63, 3.8) is 0 Å². The van der Waals surface area contributed by atoms with Crippen molar-refractivity contribution in [3.05, 3.63) is 173 Å². The lowest BCUT2D eigenvalue weighted by atomic mass is 10.1. The number of carbonyl (C=O) groups excluding carboxylic acids is 1. The molecule has 0 aliphatic heterocycles. The van der Waals surface area contributed by atoms with Crippen LogP contribution < -0.4 is 0 Å². The van der Waals surface area contributed by atoms with Crippen LogP contribution in [0.25, 0.3) is 31.2 Å². The average molecular weight is 608 g/mol. The van der Waals surface area contributed by atoms with Gasteiger partial charge in [0.15, 0.2) is 5.78 Å². The molecule has 44 heavy (non-hydrogen) atoms. The third kappa shape index (κ3) is 7.67. The molecule has 3 heterocycles. The first-order valence-electron chi connectivity index (χ1n) is 14.3. The molecule has 0 fully saturated rings. The summed E-state index contributed by atoms with van der Waals surface area (Å²) in [5.41, 5.74) is 4.15. The van der Waals surface area contributed by atoms with Gasteiger partial charge in [0.05, 0.1) is 31.9 Å². The second-order valence-electron chi connectivity index (χ2n) is 10.0. The van der Waals surface area contributed by atoms with E-state index in [0.717, 1.165) is 32.7 Å². The summed E-state index contributed by atoms with van der Waals surface area (Å²) in [4.78, 5) is 25.2. The Balaban J connectivity index is 0.000000121. The van der Waals surface area contributed by atoms with Gasteiger partial charge >= 0.3 is 0 Å².